The molecular weight excluding hydrogens is 566 g/mol. The van der Waals surface area contributed by atoms with E-state index in [1.165, 1.54) is 173 Å². The lowest BCUT2D eigenvalue weighted by Gasteiger charge is -2.19. The zero-order valence-corrected chi connectivity index (χ0v) is 31.1. The Hall–Kier alpha value is -1.13. The number of nitrogens with one attached hydrogen (secondary N) is 1. The minimum Gasteiger partial charge on any atom is -0.394 e. The highest BCUT2D eigenvalue weighted by atomic mass is 16.3. The van der Waals surface area contributed by atoms with Crippen molar-refractivity contribution in [3.63, 3.8) is 0 Å². The molecule has 0 aliphatic carbocycles. The lowest BCUT2D eigenvalue weighted by Crippen LogP contribution is -2.45. The molecule has 0 aliphatic rings. The first kappa shape index (κ1) is 44.9. The summed E-state index contributed by atoms with van der Waals surface area (Å²) in [6.07, 6.45) is 49.4. The fourth-order valence-electron chi connectivity index (χ4n) is 6.24. The monoisotopic (exact) mass is 648 g/mol. The van der Waals surface area contributed by atoms with Gasteiger partial charge in [-0.25, -0.2) is 0 Å². The smallest absolute Gasteiger partial charge is 0.220 e. The number of allylic oxidation sites excluding steroid dienone is 3. The summed E-state index contributed by atoms with van der Waals surface area (Å²) in [7, 11) is 0. The highest BCUT2D eigenvalue weighted by Crippen LogP contribution is 2.16. The lowest BCUT2D eigenvalue weighted by atomic mass is 10.0. The first-order valence-corrected chi connectivity index (χ1v) is 20.6. The van der Waals surface area contributed by atoms with E-state index in [2.05, 4.69) is 31.3 Å². The molecule has 0 radical (unpaired) electrons. The van der Waals surface area contributed by atoms with E-state index in [9.17, 15) is 15.0 Å². The minimum absolute atomic E-state index is 0.0737. The molecule has 0 saturated heterocycles. The van der Waals surface area contributed by atoms with Crippen LogP contribution in [-0.2, 0) is 4.79 Å². The number of unbranched alkanes of at least 4 members (excludes halogenated alkanes) is 28. The topological polar surface area (TPSA) is 69.6 Å². The number of aliphatic hydroxyl groups is 2. The molecule has 0 rings (SSSR count). The first-order valence-electron chi connectivity index (χ1n) is 20.6. The van der Waals surface area contributed by atoms with Crippen LogP contribution in [-0.4, -0.2) is 34.9 Å². The third-order valence-corrected chi connectivity index (χ3v) is 9.41. The van der Waals surface area contributed by atoms with Gasteiger partial charge in [0.15, 0.2) is 0 Å². The summed E-state index contributed by atoms with van der Waals surface area (Å²) in [5.41, 5.74) is 0. The summed E-state index contributed by atoms with van der Waals surface area (Å²) >= 11 is 0. The minimum atomic E-state index is -0.831. The van der Waals surface area contributed by atoms with Gasteiger partial charge in [0, 0.05) is 6.42 Å². The molecule has 0 fully saturated rings. The van der Waals surface area contributed by atoms with E-state index < -0.39 is 12.1 Å². The highest BCUT2D eigenvalue weighted by molar-refractivity contribution is 5.76. The van der Waals surface area contributed by atoms with Gasteiger partial charge in [-0.2, -0.15) is 0 Å². The van der Waals surface area contributed by atoms with Crippen LogP contribution in [0.3, 0.4) is 0 Å². The van der Waals surface area contributed by atoms with Crippen molar-refractivity contribution in [1.29, 1.82) is 0 Å². The van der Waals surface area contributed by atoms with E-state index in [0.29, 0.717) is 6.42 Å². The molecule has 0 heterocycles. The average Bonchev–Trinajstić information content (AvgIpc) is 3.06. The Morgan fingerprint density at radius 2 is 0.870 bits per heavy atom. The van der Waals surface area contributed by atoms with Crippen LogP contribution in [0.4, 0.5) is 0 Å². The maximum Gasteiger partial charge on any atom is 0.220 e. The molecule has 3 N–H and O–H groups in total. The molecule has 272 valence electrons. The number of hydrogen-bond donors (Lipinski definition) is 3. The van der Waals surface area contributed by atoms with Crippen LogP contribution < -0.4 is 5.32 Å². The van der Waals surface area contributed by atoms with Crippen LogP contribution >= 0.6 is 0 Å². The molecular formula is C42H81NO3. The van der Waals surface area contributed by atoms with Crippen LogP contribution in [0.5, 0.6) is 0 Å². The van der Waals surface area contributed by atoms with Gasteiger partial charge < -0.3 is 15.5 Å². The molecule has 2 unspecified atom stereocenters. The maximum atomic E-state index is 12.1. The van der Waals surface area contributed by atoms with Gasteiger partial charge in [0.1, 0.15) is 0 Å². The Morgan fingerprint density at radius 3 is 1.24 bits per heavy atom. The van der Waals surface area contributed by atoms with E-state index in [0.717, 1.165) is 25.7 Å². The first-order chi connectivity index (χ1) is 22.7. The molecule has 0 aliphatic heterocycles. The molecule has 2 atom stereocenters. The Kier molecular flexibility index (Phi) is 37.4. The number of aliphatic hydroxyl groups excluding tert-OH is 2. The van der Waals surface area contributed by atoms with Gasteiger partial charge >= 0.3 is 0 Å². The second-order valence-electron chi connectivity index (χ2n) is 14.1. The Morgan fingerprint density at radius 1 is 0.500 bits per heavy atom. The normalized spacial score (nSPS) is 13.2. The van der Waals surface area contributed by atoms with E-state index in [4.69, 9.17) is 0 Å². The molecule has 46 heavy (non-hydrogen) atoms. The molecule has 0 saturated carbocycles. The van der Waals surface area contributed by atoms with E-state index in [-0.39, 0.29) is 12.5 Å². The summed E-state index contributed by atoms with van der Waals surface area (Å²) in [5, 5.41) is 22.4. The van der Waals surface area contributed by atoms with Gasteiger partial charge in [-0.05, 0) is 38.5 Å². The highest BCUT2D eigenvalue weighted by Gasteiger charge is 2.17. The molecule has 0 spiro atoms. The van der Waals surface area contributed by atoms with Crippen molar-refractivity contribution in [3.05, 3.63) is 24.3 Å². The van der Waals surface area contributed by atoms with Crippen molar-refractivity contribution in [2.24, 2.45) is 0 Å². The van der Waals surface area contributed by atoms with Gasteiger partial charge in [0.25, 0.3) is 0 Å². The summed E-state index contributed by atoms with van der Waals surface area (Å²) in [4.78, 5) is 12.1. The van der Waals surface area contributed by atoms with E-state index in [1.54, 1.807) is 6.08 Å². The fourth-order valence-corrected chi connectivity index (χ4v) is 6.24. The Labute approximate surface area is 288 Å². The van der Waals surface area contributed by atoms with Crippen molar-refractivity contribution in [2.45, 2.75) is 231 Å². The van der Waals surface area contributed by atoms with Crippen molar-refractivity contribution >= 4 is 5.91 Å². The van der Waals surface area contributed by atoms with Crippen LogP contribution in [0.25, 0.3) is 0 Å². The quantitative estimate of drug-likeness (QED) is 0.0464. The molecule has 4 heteroatoms. The maximum absolute atomic E-state index is 12.1. The largest absolute Gasteiger partial charge is 0.394 e. The molecule has 0 bridgehead atoms. The average molecular weight is 648 g/mol. The molecule has 4 nitrogen and oxygen atoms in total. The Bertz CT molecular complexity index is 661. The summed E-state index contributed by atoms with van der Waals surface area (Å²) in [6, 6.07) is -0.614. The molecule has 1 amide bonds. The predicted octanol–water partition coefficient (Wildman–Crippen LogP) is 12.5. The third kappa shape index (κ3) is 34.2. The van der Waals surface area contributed by atoms with Gasteiger partial charge in [0.2, 0.25) is 5.91 Å². The van der Waals surface area contributed by atoms with Crippen LogP contribution in [0.15, 0.2) is 24.3 Å². The van der Waals surface area contributed by atoms with E-state index >= 15 is 0 Å². The predicted molar refractivity (Wildman–Crippen MR) is 202 cm³/mol. The van der Waals surface area contributed by atoms with Gasteiger partial charge in [0.05, 0.1) is 18.8 Å². The third-order valence-electron chi connectivity index (χ3n) is 9.41. The number of rotatable bonds is 37. The zero-order chi connectivity index (χ0) is 33.6. The fraction of sp³-hybridized carbons (Fsp3) is 0.881. The number of amides is 1. The standard InChI is InChI=1S/C42H81NO3/c1-3-5-7-8-9-10-11-12-13-14-15-16-17-18-19-20-21-22-23-24-25-26-27-28-29-30-31-32-33-34-36-38-42(46)43-40(39-44)41(45)37-35-6-4-2/h14-15,35,37,40-41,44-45H,3-13,16-34,36,38-39H2,1-2H3,(H,43,46)/b15-14-,37-35+. The van der Waals surface area contributed by atoms with Crippen molar-refractivity contribution in [2.75, 3.05) is 6.61 Å². The molecule has 0 aromatic rings. The van der Waals surface area contributed by atoms with Crippen LogP contribution in [0, 0.1) is 0 Å². The van der Waals surface area contributed by atoms with Crippen LogP contribution in [0.1, 0.15) is 219 Å². The van der Waals surface area contributed by atoms with Gasteiger partial charge in [-0.1, -0.05) is 199 Å². The summed E-state index contributed by atoms with van der Waals surface area (Å²) in [6.45, 7) is 4.12. The number of hydrogen-bond acceptors (Lipinski definition) is 3. The van der Waals surface area contributed by atoms with Crippen molar-refractivity contribution in [3.8, 4) is 0 Å². The number of carbonyl (C=O) groups is 1. The Balaban J connectivity index is 3.29. The molecule has 0 aromatic heterocycles. The lowest BCUT2D eigenvalue weighted by molar-refractivity contribution is -0.123. The molecule has 0 aromatic carbocycles. The van der Waals surface area contributed by atoms with Crippen molar-refractivity contribution in [1.82, 2.24) is 5.32 Å². The summed E-state index contributed by atoms with van der Waals surface area (Å²) < 4.78 is 0. The second-order valence-corrected chi connectivity index (χ2v) is 14.1. The zero-order valence-electron chi connectivity index (χ0n) is 31.1. The SMILES string of the molecule is CCC/C=C/C(O)C(CO)NC(=O)CCCCCCCCCCCCCCCCCCCCC/C=C\CCCCCCCCCC. The van der Waals surface area contributed by atoms with Crippen molar-refractivity contribution < 1.29 is 15.0 Å². The van der Waals surface area contributed by atoms with Gasteiger partial charge in [-0.15, -0.1) is 0 Å². The van der Waals surface area contributed by atoms with E-state index in [1.807, 2.05) is 6.08 Å². The van der Waals surface area contributed by atoms with Gasteiger partial charge in [-0.3, -0.25) is 4.79 Å². The summed E-state index contributed by atoms with van der Waals surface area (Å²) in [5.74, 6) is -0.0737. The van der Waals surface area contributed by atoms with Crippen LogP contribution in [0.2, 0.25) is 0 Å². The second kappa shape index (κ2) is 38.3. The number of carbonyl (C=O) groups excluding carboxylic acids is 1.